The summed E-state index contributed by atoms with van der Waals surface area (Å²) in [4.78, 5) is 14.1. The molecule has 0 aliphatic heterocycles. The first-order valence-electron chi connectivity index (χ1n) is 7.08. The number of hydrogen-bond acceptors (Lipinski definition) is 3. The lowest BCUT2D eigenvalue weighted by Crippen LogP contribution is -2.40. The summed E-state index contributed by atoms with van der Waals surface area (Å²) in [7, 11) is 4.02. The highest BCUT2D eigenvalue weighted by atomic mass is 16.3. The number of aliphatic hydroxyl groups is 1. The lowest BCUT2D eigenvalue weighted by Gasteiger charge is -2.22. The van der Waals surface area contributed by atoms with Crippen LogP contribution in [-0.2, 0) is 6.54 Å². The molecule has 1 amide bonds. The van der Waals surface area contributed by atoms with E-state index in [-0.39, 0.29) is 12.5 Å². The predicted octanol–water partition coefficient (Wildman–Crippen LogP) is 2.03. The van der Waals surface area contributed by atoms with Crippen LogP contribution in [0.3, 0.4) is 0 Å². The standard InChI is InChI=1S/C16H26N2O2/c1-5-10-16(2,20)12-17-15(19)14-8-6-13(7-9-14)11-18(3)4/h6-9,20H,5,10-12H2,1-4H3,(H,17,19). The summed E-state index contributed by atoms with van der Waals surface area (Å²) in [6.45, 7) is 4.89. The van der Waals surface area contributed by atoms with Crippen LogP contribution in [0.5, 0.6) is 0 Å². The van der Waals surface area contributed by atoms with Crippen molar-refractivity contribution >= 4 is 5.91 Å². The van der Waals surface area contributed by atoms with Gasteiger partial charge < -0.3 is 15.3 Å². The normalized spacial score (nSPS) is 14.1. The lowest BCUT2D eigenvalue weighted by molar-refractivity contribution is 0.0469. The van der Waals surface area contributed by atoms with Gasteiger partial charge in [0.15, 0.2) is 0 Å². The van der Waals surface area contributed by atoms with Crippen LogP contribution in [0.2, 0.25) is 0 Å². The second-order valence-corrected chi connectivity index (χ2v) is 5.86. The molecule has 0 aliphatic rings. The zero-order chi connectivity index (χ0) is 15.2. The molecule has 0 spiro atoms. The fourth-order valence-electron chi connectivity index (χ4n) is 2.13. The van der Waals surface area contributed by atoms with E-state index in [1.807, 2.05) is 45.3 Å². The number of benzene rings is 1. The Hall–Kier alpha value is -1.39. The fourth-order valence-corrected chi connectivity index (χ4v) is 2.13. The van der Waals surface area contributed by atoms with E-state index in [1.165, 1.54) is 5.56 Å². The Morgan fingerprint density at radius 2 is 1.90 bits per heavy atom. The predicted molar refractivity (Wildman–Crippen MR) is 81.7 cm³/mol. The van der Waals surface area contributed by atoms with E-state index in [9.17, 15) is 9.90 Å². The van der Waals surface area contributed by atoms with Crippen molar-refractivity contribution in [1.82, 2.24) is 10.2 Å². The summed E-state index contributed by atoms with van der Waals surface area (Å²) in [5.41, 5.74) is 0.958. The molecule has 1 rings (SSSR count). The van der Waals surface area contributed by atoms with Gasteiger partial charge in [0.2, 0.25) is 0 Å². The third kappa shape index (κ3) is 5.72. The van der Waals surface area contributed by atoms with Crippen LogP contribution in [0.25, 0.3) is 0 Å². The van der Waals surface area contributed by atoms with E-state index in [4.69, 9.17) is 0 Å². The van der Waals surface area contributed by atoms with Crippen molar-refractivity contribution < 1.29 is 9.90 Å². The number of nitrogens with zero attached hydrogens (tertiary/aromatic N) is 1. The molecular weight excluding hydrogens is 252 g/mol. The zero-order valence-corrected chi connectivity index (χ0v) is 12.9. The molecule has 4 nitrogen and oxygen atoms in total. The molecule has 20 heavy (non-hydrogen) atoms. The van der Waals surface area contributed by atoms with E-state index >= 15 is 0 Å². The Labute approximate surface area is 121 Å². The Bertz CT molecular complexity index is 425. The molecule has 0 fully saturated rings. The molecule has 4 heteroatoms. The monoisotopic (exact) mass is 278 g/mol. The molecule has 1 unspecified atom stereocenters. The molecule has 1 atom stereocenters. The van der Waals surface area contributed by atoms with Gasteiger partial charge in [0.05, 0.1) is 5.60 Å². The highest BCUT2D eigenvalue weighted by molar-refractivity contribution is 5.94. The Balaban J connectivity index is 2.55. The number of amides is 1. The molecule has 0 saturated carbocycles. The Morgan fingerprint density at radius 1 is 1.30 bits per heavy atom. The first-order chi connectivity index (χ1) is 9.34. The van der Waals surface area contributed by atoms with Gasteiger partial charge >= 0.3 is 0 Å². The van der Waals surface area contributed by atoms with Crippen LogP contribution >= 0.6 is 0 Å². The third-order valence-electron chi connectivity index (χ3n) is 3.13. The van der Waals surface area contributed by atoms with E-state index in [2.05, 4.69) is 10.2 Å². The van der Waals surface area contributed by atoms with Gasteiger partial charge in [-0.1, -0.05) is 25.5 Å². The summed E-state index contributed by atoms with van der Waals surface area (Å²) in [5.74, 6) is -0.141. The van der Waals surface area contributed by atoms with Crippen molar-refractivity contribution in [2.24, 2.45) is 0 Å². The van der Waals surface area contributed by atoms with E-state index < -0.39 is 5.60 Å². The molecule has 0 aromatic heterocycles. The van der Waals surface area contributed by atoms with Gasteiger partial charge in [-0.15, -0.1) is 0 Å². The van der Waals surface area contributed by atoms with Gasteiger partial charge in [0.25, 0.3) is 5.91 Å². The zero-order valence-electron chi connectivity index (χ0n) is 12.9. The van der Waals surface area contributed by atoms with Crippen LogP contribution in [0.4, 0.5) is 0 Å². The van der Waals surface area contributed by atoms with Gasteiger partial charge in [-0.3, -0.25) is 4.79 Å². The second kappa shape index (κ2) is 7.41. The van der Waals surface area contributed by atoms with Crippen molar-refractivity contribution in [3.8, 4) is 0 Å². The first-order valence-corrected chi connectivity index (χ1v) is 7.08. The summed E-state index contributed by atoms with van der Waals surface area (Å²) >= 11 is 0. The van der Waals surface area contributed by atoms with Crippen molar-refractivity contribution in [2.75, 3.05) is 20.6 Å². The minimum Gasteiger partial charge on any atom is -0.388 e. The van der Waals surface area contributed by atoms with Crippen molar-refractivity contribution in [1.29, 1.82) is 0 Å². The number of carbonyl (C=O) groups excluding carboxylic acids is 1. The maximum absolute atomic E-state index is 12.0. The summed E-state index contributed by atoms with van der Waals surface area (Å²) in [6, 6.07) is 7.56. The first kappa shape index (κ1) is 16.7. The van der Waals surface area contributed by atoms with Crippen LogP contribution in [0.15, 0.2) is 24.3 Å². The maximum Gasteiger partial charge on any atom is 0.251 e. The van der Waals surface area contributed by atoms with Crippen LogP contribution in [-0.4, -0.2) is 42.2 Å². The van der Waals surface area contributed by atoms with Crippen LogP contribution < -0.4 is 5.32 Å². The quantitative estimate of drug-likeness (QED) is 0.802. The number of carbonyl (C=O) groups is 1. The number of rotatable bonds is 7. The van der Waals surface area contributed by atoms with E-state index in [0.717, 1.165) is 13.0 Å². The Morgan fingerprint density at radius 3 is 2.40 bits per heavy atom. The molecule has 2 N–H and O–H groups in total. The smallest absolute Gasteiger partial charge is 0.251 e. The highest BCUT2D eigenvalue weighted by Crippen LogP contribution is 2.11. The average Bonchev–Trinajstić information content (AvgIpc) is 2.36. The third-order valence-corrected chi connectivity index (χ3v) is 3.13. The summed E-state index contributed by atoms with van der Waals surface area (Å²) in [5, 5.41) is 12.8. The summed E-state index contributed by atoms with van der Waals surface area (Å²) in [6.07, 6.45) is 1.57. The molecule has 0 heterocycles. The number of nitrogens with one attached hydrogen (secondary N) is 1. The topological polar surface area (TPSA) is 52.6 Å². The van der Waals surface area contributed by atoms with Gasteiger partial charge in [0, 0.05) is 18.7 Å². The molecule has 0 radical (unpaired) electrons. The van der Waals surface area contributed by atoms with Crippen LogP contribution in [0.1, 0.15) is 42.6 Å². The van der Waals surface area contributed by atoms with Crippen molar-refractivity contribution in [3.63, 3.8) is 0 Å². The van der Waals surface area contributed by atoms with Crippen molar-refractivity contribution in [2.45, 2.75) is 38.8 Å². The van der Waals surface area contributed by atoms with E-state index in [1.54, 1.807) is 6.92 Å². The molecule has 1 aromatic carbocycles. The molecule has 1 aromatic rings. The molecule has 0 aliphatic carbocycles. The van der Waals surface area contributed by atoms with Gasteiger partial charge in [0.1, 0.15) is 0 Å². The maximum atomic E-state index is 12.0. The highest BCUT2D eigenvalue weighted by Gasteiger charge is 2.20. The SMILES string of the molecule is CCCC(C)(O)CNC(=O)c1ccc(CN(C)C)cc1. The van der Waals surface area contributed by atoms with Gasteiger partial charge in [-0.2, -0.15) is 0 Å². The minimum atomic E-state index is -0.838. The molecule has 0 saturated heterocycles. The van der Waals surface area contributed by atoms with Gasteiger partial charge in [-0.25, -0.2) is 0 Å². The minimum absolute atomic E-state index is 0.141. The molecular formula is C16H26N2O2. The number of hydrogen-bond donors (Lipinski definition) is 2. The lowest BCUT2D eigenvalue weighted by atomic mass is 10.0. The molecule has 0 bridgehead atoms. The largest absolute Gasteiger partial charge is 0.388 e. The second-order valence-electron chi connectivity index (χ2n) is 5.86. The fraction of sp³-hybridized carbons (Fsp3) is 0.562. The summed E-state index contributed by atoms with van der Waals surface area (Å²) < 4.78 is 0. The van der Waals surface area contributed by atoms with Gasteiger partial charge in [-0.05, 0) is 45.1 Å². The molecule has 112 valence electrons. The Kier molecular flexibility index (Phi) is 6.17. The van der Waals surface area contributed by atoms with Crippen molar-refractivity contribution in [3.05, 3.63) is 35.4 Å². The van der Waals surface area contributed by atoms with E-state index in [0.29, 0.717) is 12.0 Å². The van der Waals surface area contributed by atoms with Crippen LogP contribution in [0, 0.1) is 0 Å². The average molecular weight is 278 g/mol.